The molecule has 1 amide bonds. The number of rotatable bonds is 2. The second-order valence-electron chi connectivity index (χ2n) is 4.84. The molecule has 4 heteroatoms. The molecule has 0 saturated carbocycles. The number of likely N-dealkylation sites (tertiary alicyclic amines) is 1. The molecule has 1 aliphatic heterocycles. The Morgan fingerprint density at radius 2 is 2.28 bits per heavy atom. The van der Waals surface area contributed by atoms with E-state index < -0.39 is 0 Å². The van der Waals surface area contributed by atoms with Crippen molar-refractivity contribution in [2.45, 2.75) is 38.6 Å². The first-order chi connectivity index (χ1) is 8.58. The molecule has 0 aromatic heterocycles. The minimum atomic E-state index is -0.309. The highest BCUT2D eigenvalue weighted by molar-refractivity contribution is 9.10. The van der Waals surface area contributed by atoms with Gasteiger partial charge in [0, 0.05) is 17.1 Å². The largest absolute Gasteiger partial charge is 0.340 e. The van der Waals surface area contributed by atoms with E-state index in [9.17, 15) is 9.18 Å². The molecule has 18 heavy (non-hydrogen) atoms. The zero-order valence-electron chi connectivity index (χ0n) is 10.5. The summed E-state index contributed by atoms with van der Waals surface area (Å²) in [6.45, 7) is 2.87. The normalized spacial score (nSPS) is 19.9. The van der Waals surface area contributed by atoms with Gasteiger partial charge in [-0.1, -0.05) is 15.9 Å². The van der Waals surface area contributed by atoms with E-state index in [4.69, 9.17) is 0 Å². The highest BCUT2D eigenvalue weighted by Gasteiger charge is 2.23. The van der Waals surface area contributed by atoms with E-state index in [0.29, 0.717) is 5.56 Å². The molecule has 98 valence electrons. The minimum absolute atomic E-state index is 0.0270. The average molecular weight is 314 g/mol. The Bertz CT molecular complexity index is 449. The molecule has 1 atom stereocenters. The van der Waals surface area contributed by atoms with E-state index in [1.807, 2.05) is 4.90 Å². The lowest BCUT2D eigenvalue weighted by Crippen LogP contribution is -2.42. The number of piperidine rings is 1. The fraction of sp³-hybridized carbons (Fsp3) is 0.500. The number of hydrogen-bond acceptors (Lipinski definition) is 1. The fourth-order valence-electron chi connectivity index (χ4n) is 2.41. The van der Waals surface area contributed by atoms with Crippen LogP contribution in [0.25, 0.3) is 0 Å². The van der Waals surface area contributed by atoms with Crippen LogP contribution in [0.4, 0.5) is 4.39 Å². The van der Waals surface area contributed by atoms with E-state index >= 15 is 0 Å². The molecule has 2 rings (SSSR count). The third-order valence-corrected chi connectivity index (χ3v) is 3.97. The molecule has 0 radical (unpaired) electrons. The highest BCUT2D eigenvalue weighted by atomic mass is 79.9. The number of carbonyl (C=O) groups excluding carboxylic acids is 1. The van der Waals surface area contributed by atoms with Crippen LogP contribution in [-0.4, -0.2) is 23.4 Å². The number of amides is 1. The first-order valence-electron chi connectivity index (χ1n) is 6.31. The van der Waals surface area contributed by atoms with Crippen molar-refractivity contribution in [1.82, 2.24) is 4.90 Å². The quantitative estimate of drug-likeness (QED) is 0.818. The number of benzene rings is 1. The van der Waals surface area contributed by atoms with Crippen LogP contribution in [-0.2, 0) is 11.2 Å². The fourth-order valence-corrected chi connectivity index (χ4v) is 2.82. The first-order valence-corrected chi connectivity index (χ1v) is 7.10. The molecule has 1 aromatic carbocycles. The van der Waals surface area contributed by atoms with Crippen molar-refractivity contribution in [2.75, 3.05) is 6.54 Å². The molecule has 2 nitrogen and oxygen atoms in total. The van der Waals surface area contributed by atoms with Crippen molar-refractivity contribution in [3.8, 4) is 0 Å². The molecule has 1 unspecified atom stereocenters. The summed E-state index contributed by atoms with van der Waals surface area (Å²) in [5.41, 5.74) is 0.465. The Balaban J connectivity index is 2.08. The van der Waals surface area contributed by atoms with Gasteiger partial charge in [-0.15, -0.1) is 0 Å². The lowest BCUT2D eigenvalue weighted by Gasteiger charge is -2.33. The Morgan fingerprint density at radius 3 is 3.00 bits per heavy atom. The molecule has 1 aromatic rings. The van der Waals surface area contributed by atoms with E-state index in [0.717, 1.165) is 23.9 Å². The van der Waals surface area contributed by atoms with E-state index in [1.54, 1.807) is 12.1 Å². The van der Waals surface area contributed by atoms with E-state index in [-0.39, 0.29) is 24.2 Å². The van der Waals surface area contributed by atoms with Crippen LogP contribution in [0.3, 0.4) is 0 Å². The summed E-state index contributed by atoms with van der Waals surface area (Å²) in [6, 6.07) is 5.00. The third kappa shape index (κ3) is 3.10. The van der Waals surface area contributed by atoms with Gasteiger partial charge in [0.1, 0.15) is 5.82 Å². The predicted molar refractivity (Wildman–Crippen MR) is 72.8 cm³/mol. The molecule has 0 spiro atoms. The van der Waals surface area contributed by atoms with Crippen molar-refractivity contribution in [3.05, 3.63) is 34.1 Å². The van der Waals surface area contributed by atoms with Crippen molar-refractivity contribution >= 4 is 21.8 Å². The zero-order valence-corrected chi connectivity index (χ0v) is 12.0. The standard InChI is InChI=1S/C14H17BrFNO/c1-10-4-2-3-7-17(10)14(18)9-11-8-12(15)5-6-13(11)16/h5-6,8,10H,2-4,7,9H2,1H3. The monoisotopic (exact) mass is 313 g/mol. The lowest BCUT2D eigenvalue weighted by atomic mass is 10.0. The van der Waals surface area contributed by atoms with Gasteiger partial charge >= 0.3 is 0 Å². The van der Waals surface area contributed by atoms with Crippen molar-refractivity contribution in [1.29, 1.82) is 0 Å². The van der Waals surface area contributed by atoms with Gasteiger partial charge in [0.2, 0.25) is 5.91 Å². The van der Waals surface area contributed by atoms with Gasteiger partial charge in [-0.3, -0.25) is 4.79 Å². The van der Waals surface area contributed by atoms with Crippen LogP contribution in [0, 0.1) is 5.82 Å². The van der Waals surface area contributed by atoms with Gasteiger partial charge in [-0.2, -0.15) is 0 Å². The van der Waals surface area contributed by atoms with Gasteiger partial charge in [-0.25, -0.2) is 4.39 Å². The molecular weight excluding hydrogens is 297 g/mol. The van der Waals surface area contributed by atoms with Crippen LogP contribution in [0.1, 0.15) is 31.7 Å². The van der Waals surface area contributed by atoms with Crippen LogP contribution in [0.2, 0.25) is 0 Å². The van der Waals surface area contributed by atoms with Crippen molar-refractivity contribution in [2.24, 2.45) is 0 Å². The molecule has 0 N–H and O–H groups in total. The Hall–Kier alpha value is -0.900. The maximum absolute atomic E-state index is 13.6. The second kappa shape index (κ2) is 5.83. The molecular formula is C14H17BrFNO. The van der Waals surface area contributed by atoms with E-state index in [1.165, 1.54) is 12.5 Å². The molecule has 1 fully saturated rings. The van der Waals surface area contributed by atoms with Crippen molar-refractivity contribution < 1.29 is 9.18 Å². The number of hydrogen-bond donors (Lipinski definition) is 0. The smallest absolute Gasteiger partial charge is 0.227 e. The maximum atomic E-state index is 13.6. The Kier molecular flexibility index (Phi) is 4.38. The zero-order chi connectivity index (χ0) is 13.1. The Morgan fingerprint density at radius 1 is 1.50 bits per heavy atom. The lowest BCUT2D eigenvalue weighted by molar-refractivity contribution is -0.133. The van der Waals surface area contributed by atoms with Crippen LogP contribution < -0.4 is 0 Å². The van der Waals surface area contributed by atoms with Gasteiger partial charge in [0.25, 0.3) is 0 Å². The van der Waals surface area contributed by atoms with Gasteiger partial charge in [0.15, 0.2) is 0 Å². The predicted octanol–water partition coefficient (Wildman–Crippen LogP) is 3.53. The molecule has 0 aliphatic carbocycles. The molecule has 1 saturated heterocycles. The Labute approximate surface area is 115 Å². The summed E-state index contributed by atoms with van der Waals surface area (Å²) in [6.07, 6.45) is 3.43. The summed E-state index contributed by atoms with van der Waals surface area (Å²) in [4.78, 5) is 14.1. The molecule has 0 bridgehead atoms. The maximum Gasteiger partial charge on any atom is 0.227 e. The summed E-state index contributed by atoms with van der Waals surface area (Å²) < 4.78 is 14.4. The van der Waals surface area contributed by atoms with Gasteiger partial charge in [-0.05, 0) is 49.9 Å². The second-order valence-corrected chi connectivity index (χ2v) is 5.76. The summed E-state index contributed by atoms with van der Waals surface area (Å²) >= 11 is 3.30. The molecule has 1 heterocycles. The minimum Gasteiger partial charge on any atom is -0.340 e. The van der Waals surface area contributed by atoms with E-state index in [2.05, 4.69) is 22.9 Å². The van der Waals surface area contributed by atoms with Crippen LogP contribution in [0.5, 0.6) is 0 Å². The first kappa shape index (κ1) is 13.5. The van der Waals surface area contributed by atoms with Crippen molar-refractivity contribution in [3.63, 3.8) is 0 Å². The third-order valence-electron chi connectivity index (χ3n) is 3.47. The number of halogens is 2. The highest BCUT2D eigenvalue weighted by Crippen LogP contribution is 2.20. The summed E-state index contributed by atoms with van der Waals surface area (Å²) in [5, 5.41) is 0. The summed E-state index contributed by atoms with van der Waals surface area (Å²) in [7, 11) is 0. The summed E-state index contributed by atoms with van der Waals surface area (Å²) in [5.74, 6) is -0.282. The van der Waals surface area contributed by atoms with Gasteiger partial charge < -0.3 is 4.90 Å². The number of nitrogens with zero attached hydrogens (tertiary/aromatic N) is 1. The number of carbonyl (C=O) groups is 1. The van der Waals surface area contributed by atoms with Crippen LogP contribution >= 0.6 is 15.9 Å². The van der Waals surface area contributed by atoms with Crippen LogP contribution in [0.15, 0.2) is 22.7 Å². The SMILES string of the molecule is CC1CCCCN1C(=O)Cc1cc(Br)ccc1F. The average Bonchev–Trinajstić information content (AvgIpc) is 2.34. The van der Waals surface area contributed by atoms with Gasteiger partial charge in [0.05, 0.1) is 6.42 Å². The molecule has 1 aliphatic rings. The topological polar surface area (TPSA) is 20.3 Å².